The molecule has 0 aromatic heterocycles. The predicted octanol–water partition coefficient (Wildman–Crippen LogP) is 2.12. The van der Waals surface area contributed by atoms with Gasteiger partial charge in [0.15, 0.2) is 11.5 Å². The highest BCUT2D eigenvalue weighted by Crippen LogP contribution is 2.34. The Morgan fingerprint density at radius 1 is 1.17 bits per heavy atom. The molecule has 0 aliphatic carbocycles. The van der Waals surface area contributed by atoms with Crippen LogP contribution in [0.3, 0.4) is 0 Å². The van der Waals surface area contributed by atoms with Gasteiger partial charge in [-0.1, -0.05) is 0 Å². The van der Waals surface area contributed by atoms with E-state index in [2.05, 4.69) is 4.74 Å². The third kappa shape index (κ3) is 3.19. The summed E-state index contributed by atoms with van der Waals surface area (Å²) in [6.07, 6.45) is -4.34. The first-order chi connectivity index (χ1) is 8.46. The van der Waals surface area contributed by atoms with Crippen molar-refractivity contribution >= 4 is 5.69 Å². The first-order valence-electron chi connectivity index (χ1n) is 5.28. The van der Waals surface area contributed by atoms with Crippen molar-refractivity contribution in [2.75, 3.05) is 25.6 Å². The summed E-state index contributed by atoms with van der Waals surface area (Å²) >= 11 is 0. The molecular weight excluding hydrogens is 251 g/mol. The summed E-state index contributed by atoms with van der Waals surface area (Å²) in [4.78, 5) is 0. The fraction of sp³-hybridized carbons (Fsp3) is 0.455. The lowest BCUT2D eigenvalue weighted by Gasteiger charge is -2.20. The van der Waals surface area contributed by atoms with E-state index >= 15 is 0 Å². The van der Waals surface area contributed by atoms with E-state index in [-0.39, 0.29) is 6.61 Å². The maximum absolute atomic E-state index is 11.9. The van der Waals surface area contributed by atoms with Gasteiger partial charge >= 0.3 is 6.18 Å². The number of nitrogen functional groups attached to an aromatic ring is 1. The van der Waals surface area contributed by atoms with E-state index in [1.54, 1.807) is 6.07 Å². The number of fused-ring (bicyclic) bond motifs is 1. The zero-order valence-electron chi connectivity index (χ0n) is 9.42. The molecule has 0 atom stereocenters. The quantitative estimate of drug-likeness (QED) is 0.849. The lowest BCUT2D eigenvalue weighted by atomic mass is 10.1. The zero-order chi connectivity index (χ0) is 13.2. The molecular formula is C11H12F3NO3. The number of hydrogen-bond acceptors (Lipinski definition) is 4. The van der Waals surface area contributed by atoms with Gasteiger partial charge in [-0.3, -0.25) is 0 Å². The van der Waals surface area contributed by atoms with Gasteiger partial charge in [-0.05, 0) is 6.07 Å². The molecule has 0 saturated heterocycles. The van der Waals surface area contributed by atoms with Gasteiger partial charge in [-0.15, -0.1) is 0 Å². The number of halogens is 3. The normalized spacial score (nSPS) is 14.6. The van der Waals surface area contributed by atoms with Crippen LogP contribution in [0.5, 0.6) is 11.5 Å². The number of anilines is 1. The molecule has 18 heavy (non-hydrogen) atoms. The first kappa shape index (κ1) is 12.8. The van der Waals surface area contributed by atoms with E-state index in [0.717, 1.165) is 0 Å². The maximum atomic E-state index is 11.9. The summed E-state index contributed by atoms with van der Waals surface area (Å²) in [7, 11) is 0. The summed E-state index contributed by atoms with van der Waals surface area (Å²) < 4.78 is 50.9. The molecule has 4 nitrogen and oxygen atoms in total. The molecule has 1 aliphatic rings. The second-order valence-electron chi connectivity index (χ2n) is 3.80. The van der Waals surface area contributed by atoms with Crippen LogP contribution in [0.4, 0.5) is 18.9 Å². The SMILES string of the molecule is Nc1cc2c(cc1COCC(F)(F)F)OCCO2. The van der Waals surface area contributed by atoms with Crippen molar-refractivity contribution < 1.29 is 27.4 Å². The number of alkyl halides is 3. The van der Waals surface area contributed by atoms with Crippen LogP contribution >= 0.6 is 0 Å². The number of ether oxygens (including phenoxy) is 3. The van der Waals surface area contributed by atoms with Crippen LogP contribution in [0.25, 0.3) is 0 Å². The Labute approximate surface area is 101 Å². The Balaban J connectivity index is 2.04. The van der Waals surface area contributed by atoms with Crippen molar-refractivity contribution in [3.05, 3.63) is 17.7 Å². The molecule has 2 rings (SSSR count). The third-order valence-corrected chi connectivity index (χ3v) is 2.33. The van der Waals surface area contributed by atoms with Crippen LogP contribution in [0.2, 0.25) is 0 Å². The van der Waals surface area contributed by atoms with E-state index in [0.29, 0.717) is 36.0 Å². The molecule has 1 aromatic rings. The van der Waals surface area contributed by atoms with Crippen LogP contribution in [-0.2, 0) is 11.3 Å². The minimum Gasteiger partial charge on any atom is -0.486 e. The lowest BCUT2D eigenvalue weighted by Crippen LogP contribution is -2.18. The highest BCUT2D eigenvalue weighted by atomic mass is 19.4. The van der Waals surface area contributed by atoms with Crippen molar-refractivity contribution in [1.29, 1.82) is 0 Å². The van der Waals surface area contributed by atoms with Gasteiger partial charge in [0, 0.05) is 17.3 Å². The zero-order valence-corrected chi connectivity index (χ0v) is 9.42. The van der Waals surface area contributed by atoms with Crippen molar-refractivity contribution in [3.63, 3.8) is 0 Å². The fourth-order valence-corrected chi connectivity index (χ4v) is 1.55. The topological polar surface area (TPSA) is 53.7 Å². The second-order valence-corrected chi connectivity index (χ2v) is 3.80. The highest BCUT2D eigenvalue weighted by Gasteiger charge is 2.27. The molecule has 0 saturated carbocycles. The van der Waals surface area contributed by atoms with E-state index in [1.165, 1.54) is 6.07 Å². The molecule has 7 heteroatoms. The van der Waals surface area contributed by atoms with Gasteiger partial charge in [-0.2, -0.15) is 13.2 Å². The maximum Gasteiger partial charge on any atom is 0.411 e. The van der Waals surface area contributed by atoms with Crippen LogP contribution in [0.1, 0.15) is 5.56 Å². The molecule has 100 valence electrons. The monoisotopic (exact) mass is 263 g/mol. The fourth-order valence-electron chi connectivity index (χ4n) is 1.55. The summed E-state index contributed by atoms with van der Waals surface area (Å²) in [6, 6.07) is 3.07. The number of nitrogens with two attached hydrogens (primary N) is 1. The molecule has 2 N–H and O–H groups in total. The van der Waals surface area contributed by atoms with E-state index in [9.17, 15) is 13.2 Å². The molecule has 0 amide bonds. The molecule has 0 fully saturated rings. The van der Waals surface area contributed by atoms with Gasteiger partial charge in [0.1, 0.15) is 19.8 Å². The largest absolute Gasteiger partial charge is 0.486 e. The van der Waals surface area contributed by atoms with E-state index < -0.39 is 12.8 Å². The van der Waals surface area contributed by atoms with Crippen molar-refractivity contribution in [1.82, 2.24) is 0 Å². The van der Waals surface area contributed by atoms with Crippen molar-refractivity contribution in [2.45, 2.75) is 12.8 Å². The smallest absolute Gasteiger partial charge is 0.411 e. The Morgan fingerprint density at radius 3 is 2.39 bits per heavy atom. The second kappa shape index (κ2) is 4.93. The molecule has 0 spiro atoms. The molecule has 1 aromatic carbocycles. The Bertz CT molecular complexity index is 434. The summed E-state index contributed by atoms with van der Waals surface area (Å²) in [5.74, 6) is 0.972. The first-order valence-corrected chi connectivity index (χ1v) is 5.28. The van der Waals surface area contributed by atoms with Gasteiger partial charge in [0.2, 0.25) is 0 Å². The van der Waals surface area contributed by atoms with Gasteiger partial charge in [-0.25, -0.2) is 0 Å². The van der Waals surface area contributed by atoms with Crippen LogP contribution in [0, 0.1) is 0 Å². The molecule has 1 aliphatic heterocycles. The summed E-state index contributed by atoms with van der Waals surface area (Å²) in [6.45, 7) is -0.695. The minimum atomic E-state index is -4.34. The summed E-state index contributed by atoms with van der Waals surface area (Å²) in [5.41, 5.74) is 6.47. The van der Waals surface area contributed by atoms with E-state index in [4.69, 9.17) is 15.2 Å². The van der Waals surface area contributed by atoms with E-state index in [1.807, 2.05) is 0 Å². The standard InChI is InChI=1S/C11H12F3NO3/c12-11(13,14)6-16-5-7-3-9-10(4-8(7)15)18-2-1-17-9/h3-4H,1-2,5-6,15H2. The molecule has 0 unspecified atom stereocenters. The minimum absolute atomic E-state index is 0.220. The average molecular weight is 263 g/mol. The number of hydrogen-bond donors (Lipinski definition) is 1. The van der Waals surface area contributed by atoms with Gasteiger partial charge < -0.3 is 19.9 Å². The Kier molecular flexibility index (Phi) is 3.51. The van der Waals surface area contributed by atoms with Crippen molar-refractivity contribution in [2.24, 2.45) is 0 Å². The number of rotatable bonds is 3. The molecule has 1 heterocycles. The van der Waals surface area contributed by atoms with Crippen LogP contribution < -0.4 is 15.2 Å². The Morgan fingerprint density at radius 2 is 1.78 bits per heavy atom. The van der Waals surface area contributed by atoms with Gasteiger partial charge in [0.25, 0.3) is 0 Å². The number of benzene rings is 1. The van der Waals surface area contributed by atoms with Crippen LogP contribution in [-0.4, -0.2) is 26.0 Å². The average Bonchev–Trinajstić information content (AvgIpc) is 2.28. The third-order valence-electron chi connectivity index (χ3n) is 2.33. The van der Waals surface area contributed by atoms with Gasteiger partial charge in [0.05, 0.1) is 6.61 Å². The predicted molar refractivity (Wildman–Crippen MR) is 57.6 cm³/mol. The van der Waals surface area contributed by atoms with Crippen LogP contribution in [0.15, 0.2) is 12.1 Å². The molecule has 0 bridgehead atoms. The highest BCUT2D eigenvalue weighted by molar-refractivity contribution is 5.58. The summed E-state index contributed by atoms with van der Waals surface area (Å²) in [5, 5.41) is 0. The van der Waals surface area contributed by atoms with Crippen molar-refractivity contribution in [3.8, 4) is 11.5 Å². The molecule has 0 radical (unpaired) electrons. The Hall–Kier alpha value is -1.63. The lowest BCUT2D eigenvalue weighted by molar-refractivity contribution is -0.176.